The highest BCUT2D eigenvalue weighted by Gasteiger charge is 2.16. The Kier molecular flexibility index (Phi) is 1.66. The number of alkyl halides is 1. The van der Waals surface area contributed by atoms with Crippen molar-refractivity contribution in [3.05, 3.63) is 35.4 Å². The fourth-order valence-electron chi connectivity index (χ4n) is 1.25. The minimum Gasteiger partial charge on any atom is -0.298 e. The van der Waals surface area contributed by atoms with Crippen LogP contribution in [-0.2, 0) is 6.54 Å². The molecule has 1 aromatic carbocycles. The summed E-state index contributed by atoms with van der Waals surface area (Å²) < 4.78 is 0.522. The summed E-state index contributed by atoms with van der Waals surface area (Å²) in [7, 11) is 0. The molecule has 1 heterocycles. The first-order valence-corrected chi connectivity index (χ1v) is 4.58. The van der Waals surface area contributed by atoms with E-state index in [1.165, 1.54) is 11.1 Å². The lowest BCUT2D eigenvalue weighted by Gasteiger charge is -1.99. The highest BCUT2D eigenvalue weighted by Crippen LogP contribution is 2.29. The zero-order valence-corrected chi connectivity index (χ0v) is 7.63. The number of halogens is 1. The van der Waals surface area contributed by atoms with Gasteiger partial charge < -0.3 is 0 Å². The molecule has 0 saturated carbocycles. The predicted octanol–water partition coefficient (Wildman–Crippen LogP) is 2.22. The first kappa shape index (κ1) is 6.61. The van der Waals surface area contributed by atoms with E-state index in [1.54, 1.807) is 0 Å². The lowest BCUT2D eigenvalue weighted by atomic mass is 10.1. The third kappa shape index (κ3) is 0.953. The molecule has 0 bridgehead atoms. The van der Waals surface area contributed by atoms with Crippen molar-refractivity contribution in [2.75, 3.05) is 0 Å². The molecular formula is C8H8IN. The van der Waals surface area contributed by atoms with Gasteiger partial charge in [0.15, 0.2) is 0 Å². The van der Waals surface area contributed by atoms with Crippen LogP contribution in [0.25, 0.3) is 0 Å². The zero-order chi connectivity index (χ0) is 6.97. The lowest BCUT2D eigenvalue weighted by molar-refractivity contribution is 0.769. The van der Waals surface area contributed by atoms with Crippen molar-refractivity contribution in [2.24, 2.45) is 0 Å². The van der Waals surface area contributed by atoms with Crippen LogP contribution in [0.1, 0.15) is 15.2 Å². The minimum atomic E-state index is 0.522. The normalized spacial score (nSPS) is 22.7. The van der Waals surface area contributed by atoms with Gasteiger partial charge >= 0.3 is 0 Å². The van der Waals surface area contributed by atoms with Crippen LogP contribution >= 0.6 is 22.6 Å². The molecular weight excluding hydrogens is 237 g/mol. The molecule has 1 N–H and O–H groups in total. The maximum Gasteiger partial charge on any atom is 0.0855 e. The molecule has 2 heteroatoms. The molecule has 0 saturated heterocycles. The summed E-state index contributed by atoms with van der Waals surface area (Å²) in [5.41, 5.74) is 2.89. The Morgan fingerprint density at radius 2 is 2.20 bits per heavy atom. The van der Waals surface area contributed by atoms with Gasteiger partial charge in [-0.1, -0.05) is 46.9 Å². The Bertz CT molecular complexity index is 247. The molecule has 0 spiro atoms. The van der Waals surface area contributed by atoms with Crippen molar-refractivity contribution in [3.8, 4) is 0 Å². The third-order valence-corrected chi connectivity index (χ3v) is 2.91. The van der Waals surface area contributed by atoms with E-state index < -0.39 is 0 Å². The van der Waals surface area contributed by atoms with Gasteiger partial charge in [-0.15, -0.1) is 0 Å². The Labute approximate surface area is 74.0 Å². The van der Waals surface area contributed by atoms with E-state index >= 15 is 0 Å². The van der Waals surface area contributed by atoms with Crippen LogP contribution in [0.4, 0.5) is 0 Å². The second-order valence-corrected chi connectivity index (χ2v) is 3.69. The number of hydrogen-bond acceptors (Lipinski definition) is 1. The maximum absolute atomic E-state index is 3.37. The van der Waals surface area contributed by atoms with Crippen molar-refractivity contribution in [3.63, 3.8) is 0 Å². The van der Waals surface area contributed by atoms with Gasteiger partial charge in [-0.2, -0.15) is 0 Å². The topological polar surface area (TPSA) is 12.0 Å². The number of nitrogens with one attached hydrogen (secondary N) is 1. The van der Waals surface area contributed by atoms with Crippen molar-refractivity contribution in [1.82, 2.24) is 5.32 Å². The molecule has 0 fully saturated rings. The molecule has 0 aliphatic carbocycles. The van der Waals surface area contributed by atoms with Crippen LogP contribution in [0.15, 0.2) is 24.3 Å². The van der Waals surface area contributed by atoms with Crippen LogP contribution in [0, 0.1) is 0 Å². The lowest BCUT2D eigenvalue weighted by Crippen LogP contribution is -2.03. The van der Waals surface area contributed by atoms with E-state index in [9.17, 15) is 0 Å². The van der Waals surface area contributed by atoms with Gasteiger partial charge in [0.25, 0.3) is 0 Å². The number of benzene rings is 1. The molecule has 1 nitrogen and oxygen atoms in total. The summed E-state index contributed by atoms with van der Waals surface area (Å²) in [5, 5.41) is 3.37. The Hall–Kier alpha value is -0.0900. The fraction of sp³-hybridized carbons (Fsp3) is 0.250. The number of hydrogen-bond donors (Lipinski definition) is 1. The monoisotopic (exact) mass is 245 g/mol. The largest absolute Gasteiger partial charge is 0.298 e. The fourth-order valence-corrected chi connectivity index (χ4v) is 2.08. The molecule has 2 rings (SSSR count). The average Bonchev–Trinajstić information content (AvgIpc) is 2.34. The first-order chi connectivity index (χ1) is 4.88. The van der Waals surface area contributed by atoms with Crippen LogP contribution in [0.5, 0.6) is 0 Å². The van der Waals surface area contributed by atoms with E-state index in [-0.39, 0.29) is 0 Å². The maximum atomic E-state index is 3.37. The zero-order valence-electron chi connectivity index (χ0n) is 5.47. The van der Waals surface area contributed by atoms with Gasteiger partial charge in [0.2, 0.25) is 0 Å². The van der Waals surface area contributed by atoms with E-state index in [0.29, 0.717) is 4.05 Å². The SMILES string of the molecule is IC1NCc2ccccc21. The van der Waals surface area contributed by atoms with Gasteiger partial charge in [-0.05, 0) is 11.1 Å². The van der Waals surface area contributed by atoms with Crippen LogP contribution in [0.2, 0.25) is 0 Å². The number of fused-ring (bicyclic) bond motifs is 1. The van der Waals surface area contributed by atoms with Crippen molar-refractivity contribution < 1.29 is 0 Å². The quantitative estimate of drug-likeness (QED) is 0.420. The van der Waals surface area contributed by atoms with Crippen LogP contribution in [-0.4, -0.2) is 0 Å². The molecule has 0 radical (unpaired) electrons. The van der Waals surface area contributed by atoms with Crippen LogP contribution < -0.4 is 5.32 Å². The average molecular weight is 245 g/mol. The van der Waals surface area contributed by atoms with Crippen LogP contribution in [0.3, 0.4) is 0 Å². The molecule has 1 unspecified atom stereocenters. The molecule has 1 aliphatic heterocycles. The smallest absolute Gasteiger partial charge is 0.0855 e. The number of rotatable bonds is 0. The summed E-state index contributed by atoms with van der Waals surface area (Å²) >= 11 is 2.41. The summed E-state index contributed by atoms with van der Waals surface area (Å²) in [4.78, 5) is 0. The second kappa shape index (κ2) is 2.51. The van der Waals surface area contributed by atoms with Crippen molar-refractivity contribution >= 4 is 22.6 Å². The molecule has 1 aliphatic rings. The highest BCUT2D eigenvalue weighted by molar-refractivity contribution is 14.1. The van der Waals surface area contributed by atoms with Gasteiger partial charge in [0.1, 0.15) is 0 Å². The van der Waals surface area contributed by atoms with E-state index in [2.05, 4.69) is 52.2 Å². The summed E-state index contributed by atoms with van der Waals surface area (Å²) in [6, 6.07) is 8.56. The summed E-state index contributed by atoms with van der Waals surface area (Å²) in [6.45, 7) is 1.03. The first-order valence-electron chi connectivity index (χ1n) is 3.33. The third-order valence-electron chi connectivity index (χ3n) is 1.80. The highest BCUT2D eigenvalue weighted by atomic mass is 127. The molecule has 1 aromatic rings. The summed E-state index contributed by atoms with van der Waals surface area (Å²) in [6.07, 6.45) is 0. The van der Waals surface area contributed by atoms with Crippen molar-refractivity contribution in [2.45, 2.75) is 10.6 Å². The molecule has 1 atom stereocenters. The van der Waals surface area contributed by atoms with Gasteiger partial charge in [0.05, 0.1) is 4.05 Å². The Morgan fingerprint density at radius 1 is 1.40 bits per heavy atom. The predicted molar refractivity (Wildman–Crippen MR) is 50.0 cm³/mol. The van der Waals surface area contributed by atoms with E-state index in [0.717, 1.165) is 6.54 Å². The Balaban J connectivity index is 2.51. The summed E-state index contributed by atoms with van der Waals surface area (Å²) in [5.74, 6) is 0. The van der Waals surface area contributed by atoms with Gasteiger partial charge in [-0.25, -0.2) is 0 Å². The van der Waals surface area contributed by atoms with E-state index in [4.69, 9.17) is 0 Å². The van der Waals surface area contributed by atoms with Gasteiger partial charge in [0, 0.05) is 6.54 Å². The van der Waals surface area contributed by atoms with Crippen molar-refractivity contribution in [1.29, 1.82) is 0 Å². The van der Waals surface area contributed by atoms with Gasteiger partial charge in [-0.3, -0.25) is 5.32 Å². The molecule has 10 heavy (non-hydrogen) atoms. The van der Waals surface area contributed by atoms with E-state index in [1.807, 2.05) is 0 Å². The minimum absolute atomic E-state index is 0.522. The Morgan fingerprint density at radius 3 is 3.00 bits per heavy atom. The second-order valence-electron chi connectivity index (χ2n) is 2.44. The standard InChI is InChI=1S/C8H8IN/c9-8-7-4-2-1-3-6(7)5-10-8/h1-4,8,10H,5H2. The molecule has 52 valence electrons. The molecule has 0 aromatic heterocycles. The molecule has 0 amide bonds.